The zero-order valence-electron chi connectivity index (χ0n) is 21.9. The van der Waals surface area contributed by atoms with E-state index >= 15 is 0 Å². The first-order valence-electron chi connectivity index (χ1n) is 13.2. The minimum absolute atomic E-state index is 0.116. The van der Waals surface area contributed by atoms with Gasteiger partial charge in [-0.2, -0.15) is 0 Å². The maximum atomic E-state index is 11.4. The van der Waals surface area contributed by atoms with Crippen molar-refractivity contribution in [3.8, 4) is 40.4 Å². The first-order valence-corrected chi connectivity index (χ1v) is 15.6. The molecule has 0 aliphatic rings. The molecule has 0 radical (unpaired) electrons. The summed E-state index contributed by atoms with van der Waals surface area (Å²) < 4.78 is 0. The number of thiophene rings is 3. The van der Waals surface area contributed by atoms with E-state index < -0.39 is 5.97 Å². The topological polar surface area (TPSA) is 89.3 Å². The molecule has 0 aliphatic carbocycles. The van der Waals surface area contributed by atoms with Crippen molar-refractivity contribution >= 4 is 40.0 Å². The lowest BCUT2D eigenvalue weighted by molar-refractivity contribution is -0.136. The zero-order chi connectivity index (χ0) is 27.4. The third-order valence-electron chi connectivity index (χ3n) is 6.75. The highest BCUT2D eigenvalue weighted by Gasteiger charge is 2.18. The quantitative estimate of drug-likeness (QED) is 0.148. The van der Waals surface area contributed by atoms with Crippen LogP contribution in [0.5, 0.6) is 0 Å². The summed E-state index contributed by atoms with van der Waals surface area (Å²) in [6.45, 7) is 3.28. The molecule has 0 unspecified atom stereocenters. The molecule has 0 spiro atoms. The van der Waals surface area contributed by atoms with E-state index in [1.54, 1.807) is 22.7 Å². The Morgan fingerprint density at radius 1 is 0.667 bits per heavy atom. The highest BCUT2D eigenvalue weighted by molar-refractivity contribution is 7.28. The van der Waals surface area contributed by atoms with E-state index in [0.29, 0.717) is 19.5 Å². The van der Waals surface area contributed by atoms with Crippen LogP contribution in [0.3, 0.4) is 0 Å². The lowest BCUT2D eigenvalue weighted by atomic mass is 10.1. The molecule has 200 valence electrons. The van der Waals surface area contributed by atoms with Crippen LogP contribution in [0.4, 0.5) is 0 Å². The molecule has 0 saturated heterocycles. The van der Waals surface area contributed by atoms with E-state index in [9.17, 15) is 9.90 Å². The Kier molecular flexibility index (Phi) is 8.75. The van der Waals surface area contributed by atoms with E-state index in [4.69, 9.17) is 11.5 Å². The lowest BCUT2D eigenvalue weighted by Crippen LogP contribution is -1.97. The predicted molar refractivity (Wildman–Crippen MR) is 168 cm³/mol. The Balaban J connectivity index is 1.51. The van der Waals surface area contributed by atoms with Gasteiger partial charge in [0.25, 0.3) is 0 Å². The number of carboxylic acids is 1. The van der Waals surface area contributed by atoms with Crippen LogP contribution in [0, 0.1) is 0 Å². The molecule has 3 aromatic heterocycles. The van der Waals surface area contributed by atoms with Gasteiger partial charge in [-0.05, 0) is 70.5 Å². The zero-order valence-corrected chi connectivity index (χ0v) is 24.4. The standard InChI is InChI=1S/C32H32N2O2S3/c1-2-3-24-16-28(22-8-4-20(18-33)5-9-22)38-31(24)26-13-14-27(37-26)32-25(12-15-30(35)36)17-29(39-32)23-10-6-21(19-34)7-11-23/h4-11,13-14,16-17H,2-3,12,15,18-19,33-34H2,1H3,(H,35,36). The van der Waals surface area contributed by atoms with Gasteiger partial charge < -0.3 is 16.6 Å². The van der Waals surface area contributed by atoms with Crippen molar-refractivity contribution in [2.75, 3.05) is 0 Å². The Morgan fingerprint density at radius 3 is 1.54 bits per heavy atom. The van der Waals surface area contributed by atoms with Gasteiger partial charge in [0.05, 0.1) is 0 Å². The van der Waals surface area contributed by atoms with Gasteiger partial charge in [-0.15, -0.1) is 34.0 Å². The van der Waals surface area contributed by atoms with Crippen LogP contribution in [0.15, 0.2) is 72.8 Å². The van der Waals surface area contributed by atoms with Gasteiger partial charge in [-0.25, -0.2) is 0 Å². The van der Waals surface area contributed by atoms with Gasteiger partial charge in [-0.3, -0.25) is 4.79 Å². The van der Waals surface area contributed by atoms with E-state index in [2.05, 4.69) is 79.7 Å². The van der Waals surface area contributed by atoms with E-state index in [0.717, 1.165) is 44.8 Å². The second-order valence-electron chi connectivity index (χ2n) is 9.54. The molecule has 3 heterocycles. The molecule has 0 saturated carbocycles. The summed E-state index contributed by atoms with van der Waals surface area (Å²) in [7, 11) is 0. The van der Waals surface area contributed by atoms with E-state index in [1.165, 1.54) is 30.6 Å². The van der Waals surface area contributed by atoms with Gasteiger partial charge in [0.1, 0.15) is 0 Å². The van der Waals surface area contributed by atoms with Gasteiger partial charge in [-0.1, -0.05) is 61.9 Å². The Labute approximate surface area is 241 Å². The van der Waals surface area contributed by atoms with Crippen LogP contribution < -0.4 is 11.5 Å². The van der Waals surface area contributed by atoms with Gasteiger partial charge in [0, 0.05) is 48.8 Å². The number of hydrogen-bond donors (Lipinski definition) is 3. The van der Waals surface area contributed by atoms with Crippen LogP contribution in [0.1, 0.15) is 42.0 Å². The third kappa shape index (κ3) is 6.24. The monoisotopic (exact) mass is 572 g/mol. The second kappa shape index (κ2) is 12.4. The number of benzene rings is 2. The molecule has 5 rings (SSSR count). The molecule has 0 amide bonds. The third-order valence-corrected chi connectivity index (χ3v) is 10.6. The fourth-order valence-corrected chi connectivity index (χ4v) is 8.36. The van der Waals surface area contributed by atoms with Crippen molar-refractivity contribution in [3.05, 3.63) is 95.1 Å². The van der Waals surface area contributed by atoms with Crippen LogP contribution >= 0.6 is 34.0 Å². The summed E-state index contributed by atoms with van der Waals surface area (Å²) in [4.78, 5) is 18.8. The molecule has 0 bridgehead atoms. The highest BCUT2D eigenvalue weighted by Crippen LogP contribution is 2.47. The van der Waals surface area contributed by atoms with Crippen LogP contribution in [-0.4, -0.2) is 11.1 Å². The molecule has 39 heavy (non-hydrogen) atoms. The summed E-state index contributed by atoms with van der Waals surface area (Å²) in [6.07, 6.45) is 2.75. The SMILES string of the molecule is CCCc1cc(-c2ccc(CN)cc2)sc1-c1ccc(-c2sc(-c3ccc(CN)cc3)cc2CCC(=O)O)s1. The number of hydrogen-bond acceptors (Lipinski definition) is 6. The molecule has 0 atom stereocenters. The summed E-state index contributed by atoms with van der Waals surface area (Å²) in [5.74, 6) is -0.775. The van der Waals surface area contributed by atoms with Crippen molar-refractivity contribution in [1.29, 1.82) is 0 Å². The number of carboxylic acid groups (broad SMARTS) is 1. The van der Waals surface area contributed by atoms with Crippen molar-refractivity contribution in [3.63, 3.8) is 0 Å². The molecule has 4 nitrogen and oxygen atoms in total. The lowest BCUT2D eigenvalue weighted by Gasteiger charge is -2.01. The fourth-order valence-electron chi connectivity index (χ4n) is 4.63. The molecule has 5 aromatic rings. The van der Waals surface area contributed by atoms with Crippen molar-refractivity contribution < 1.29 is 9.90 Å². The molecule has 0 fully saturated rings. The van der Waals surface area contributed by atoms with Crippen LogP contribution in [-0.2, 0) is 30.7 Å². The summed E-state index contributed by atoms with van der Waals surface area (Å²) >= 11 is 5.38. The number of carbonyl (C=O) groups is 1. The predicted octanol–water partition coefficient (Wildman–Crippen LogP) is 8.43. The summed E-state index contributed by atoms with van der Waals surface area (Å²) in [5, 5.41) is 9.37. The molecule has 2 aromatic carbocycles. The smallest absolute Gasteiger partial charge is 0.303 e. The van der Waals surface area contributed by atoms with Gasteiger partial charge in [0.15, 0.2) is 0 Å². The number of aryl methyl sites for hydroxylation is 2. The van der Waals surface area contributed by atoms with Crippen LogP contribution in [0.2, 0.25) is 0 Å². The molecule has 5 N–H and O–H groups in total. The van der Waals surface area contributed by atoms with E-state index in [1.807, 2.05) is 11.3 Å². The molecule has 7 heteroatoms. The maximum absolute atomic E-state index is 11.4. The number of aliphatic carboxylic acids is 1. The minimum Gasteiger partial charge on any atom is -0.481 e. The van der Waals surface area contributed by atoms with Gasteiger partial charge in [0.2, 0.25) is 0 Å². The molecule has 0 aliphatic heterocycles. The Hall–Kier alpha value is -3.07. The summed E-state index contributed by atoms with van der Waals surface area (Å²) in [6, 6.07) is 25.8. The van der Waals surface area contributed by atoms with Crippen molar-refractivity contribution in [1.82, 2.24) is 0 Å². The van der Waals surface area contributed by atoms with E-state index in [-0.39, 0.29) is 6.42 Å². The highest BCUT2D eigenvalue weighted by atomic mass is 32.1. The van der Waals surface area contributed by atoms with Gasteiger partial charge >= 0.3 is 5.97 Å². The molecular formula is C32H32N2O2S3. The number of nitrogens with two attached hydrogens (primary N) is 2. The minimum atomic E-state index is -0.775. The second-order valence-corrected chi connectivity index (χ2v) is 12.7. The maximum Gasteiger partial charge on any atom is 0.303 e. The van der Waals surface area contributed by atoms with Crippen molar-refractivity contribution in [2.24, 2.45) is 11.5 Å². The Morgan fingerprint density at radius 2 is 1.13 bits per heavy atom. The van der Waals surface area contributed by atoms with Crippen molar-refractivity contribution in [2.45, 2.75) is 45.7 Å². The average Bonchev–Trinajstić information content (AvgIpc) is 3.70. The fraction of sp³-hybridized carbons (Fsp3) is 0.219. The Bertz CT molecular complexity index is 1560. The first kappa shape index (κ1) is 27.5. The molecular weight excluding hydrogens is 541 g/mol. The summed E-state index contributed by atoms with van der Waals surface area (Å²) in [5.41, 5.74) is 18.6. The first-order chi connectivity index (χ1) is 19.0. The average molecular weight is 573 g/mol. The van der Waals surface area contributed by atoms with Crippen LogP contribution in [0.25, 0.3) is 40.4 Å². The normalized spacial score (nSPS) is 11.3. The number of rotatable bonds is 11. The largest absolute Gasteiger partial charge is 0.481 e.